The van der Waals surface area contributed by atoms with Crippen LogP contribution in [-0.2, 0) is 7.05 Å². The number of pyridine rings is 3. The van der Waals surface area contributed by atoms with Gasteiger partial charge in [0.25, 0.3) is 0 Å². The van der Waals surface area contributed by atoms with Crippen LogP contribution in [0.1, 0.15) is 36.6 Å². The molecule has 8 rings (SSSR count). The van der Waals surface area contributed by atoms with Gasteiger partial charge in [0, 0.05) is 67.7 Å². The molecule has 1 saturated carbocycles. The molecule has 3 aliphatic rings. The molecule has 2 bridgehead atoms. The zero-order chi connectivity index (χ0) is 26.4. The Balaban J connectivity index is 1.29. The van der Waals surface area contributed by atoms with E-state index in [4.69, 9.17) is 24.8 Å². The summed E-state index contributed by atoms with van der Waals surface area (Å²) in [5.41, 5.74) is 6.74. The van der Waals surface area contributed by atoms with Crippen LogP contribution in [0.3, 0.4) is 0 Å². The molecule has 39 heavy (non-hydrogen) atoms. The van der Waals surface area contributed by atoms with Gasteiger partial charge < -0.3 is 14.2 Å². The topological polar surface area (TPSA) is 90.0 Å². The van der Waals surface area contributed by atoms with Gasteiger partial charge in [-0.1, -0.05) is 0 Å². The number of imidazole rings is 1. The average Bonchev–Trinajstić information content (AvgIpc) is 3.23. The predicted molar refractivity (Wildman–Crippen MR) is 150 cm³/mol. The molecule has 0 spiro atoms. The number of likely N-dealkylation sites (N-methyl/N-ethyl adjacent to an activating group) is 1. The zero-order valence-corrected chi connectivity index (χ0v) is 22.7. The van der Waals surface area contributed by atoms with E-state index in [0.29, 0.717) is 18.0 Å². The van der Waals surface area contributed by atoms with Crippen molar-refractivity contribution in [3.63, 3.8) is 0 Å². The van der Waals surface area contributed by atoms with Crippen molar-refractivity contribution in [1.82, 2.24) is 39.2 Å². The number of rotatable bonds is 5. The Kier molecular flexibility index (Phi) is 4.83. The van der Waals surface area contributed by atoms with Gasteiger partial charge in [0.15, 0.2) is 5.82 Å². The quantitative estimate of drug-likeness (QED) is 0.345. The summed E-state index contributed by atoms with van der Waals surface area (Å²) < 4.78 is 9.80. The molecule has 10 nitrogen and oxygen atoms in total. The summed E-state index contributed by atoms with van der Waals surface area (Å²) in [5, 5.41) is 5.81. The van der Waals surface area contributed by atoms with Gasteiger partial charge >= 0.3 is 0 Å². The van der Waals surface area contributed by atoms with E-state index >= 15 is 0 Å². The van der Waals surface area contributed by atoms with Gasteiger partial charge in [-0.15, -0.1) is 0 Å². The lowest BCUT2D eigenvalue weighted by atomic mass is 10.1. The molecular formula is C29H31N9O. The highest BCUT2D eigenvalue weighted by Gasteiger charge is 2.43. The molecule has 3 fully saturated rings. The second-order valence-corrected chi connectivity index (χ2v) is 11.3. The van der Waals surface area contributed by atoms with Crippen molar-refractivity contribution < 1.29 is 4.74 Å². The Hall–Kier alpha value is -4.05. The molecule has 2 atom stereocenters. The van der Waals surface area contributed by atoms with Crippen LogP contribution in [0.25, 0.3) is 39.0 Å². The summed E-state index contributed by atoms with van der Waals surface area (Å²) in [4.78, 5) is 24.6. The van der Waals surface area contributed by atoms with Crippen LogP contribution < -0.4 is 9.64 Å². The highest BCUT2D eigenvalue weighted by molar-refractivity contribution is 5.88. The number of fused-ring (bicyclic) bond motifs is 4. The largest absolute Gasteiger partial charge is 0.496 e. The number of piperazine rings is 1. The van der Waals surface area contributed by atoms with Gasteiger partial charge in [-0.25, -0.2) is 14.6 Å². The molecule has 0 N–H and O–H groups in total. The van der Waals surface area contributed by atoms with Gasteiger partial charge in [0.2, 0.25) is 5.95 Å². The molecule has 7 heterocycles. The lowest BCUT2D eigenvalue weighted by Gasteiger charge is -2.32. The van der Waals surface area contributed by atoms with Gasteiger partial charge in [0.05, 0.1) is 41.3 Å². The van der Waals surface area contributed by atoms with E-state index in [0.717, 1.165) is 88.0 Å². The van der Waals surface area contributed by atoms with Crippen molar-refractivity contribution in [2.45, 2.75) is 44.2 Å². The molecule has 2 aliphatic heterocycles. The van der Waals surface area contributed by atoms with E-state index in [9.17, 15) is 0 Å². The third kappa shape index (κ3) is 3.40. The van der Waals surface area contributed by atoms with Crippen LogP contribution in [0.15, 0.2) is 36.8 Å². The number of aromatic nitrogens is 7. The fourth-order valence-electron chi connectivity index (χ4n) is 6.55. The lowest BCUT2D eigenvalue weighted by Crippen LogP contribution is -2.45. The number of nitrogens with zero attached hydrogens (tertiary/aromatic N) is 9. The third-order valence-corrected chi connectivity index (χ3v) is 8.85. The van der Waals surface area contributed by atoms with Crippen LogP contribution in [-0.4, -0.2) is 78.5 Å². The minimum Gasteiger partial charge on any atom is -0.496 e. The normalized spacial score (nSPS) is 21.1. The maximum Gasteiger partial charge on any atom is 0.206 e. The Morgan fingerprint density at radius 2 is 1.85 bits per heavy atom. The van der Waals surface area contributed by atoms with E-state index in [1.165, 1.54) is 6.42 Å². The average molecular weight is 522 g/mol. The van der Waals surface area contributed by atoms with E-state index in [2.05, 4.69) is 45.6 Å². The Bertz CT molecular complexity index is 1770. The minimum absolute atomic E-state index is 0.455. The van der Waals surface area contributed by atoms with Crippen molar-refractivity contribution in [3.8, 4) is 22.8 Å². The number of ether oxygens (including phenoxy) is 1. The fraction of sp³-hybridized carbons (Fsp3) is 0.414. The maximum atomic E-state index is 5.60. The number of aryl methyl sites for hydroxylation is 2. The number of anilines is 1. The molecule has 1 aliphatic carbocycles. The van der Waals surface area contributed by atoms with E-state index in [1.54, 1.807) is 19.5 Å². The Morgan fingerprint density at radius 1 is 0.974 bits per heavy atom. The molecule has 5 aromatic rings. The van der Waals surface area contributed by atoms with E-state index < -0.39 is 0 Å². The van der Waals surface area contributed by atoms with E-state index in [1.807, 2.05) is 23.9 Å². The molecule has 0 amide bonds. The van der Waals surface area contributed by atoms with Crippen molar-refractivity contribution in [1.29, 1.82) is 0 Å². The second-order valence-electron chi connectivity index (χ2n) is 11.3. The summed E-state index contributed by atoms with van der Waals surface area (Å²) in [6.07, 6.45) is 8.94. The van der Waals surface area contributed by atoms with Crippen molar-refractivity contribution >= 4 is 27.9 Å². The van der Waals surface area contributed by atoms with Crippen LogP contribution >= 0.6 is 0 Å². The SMILES string of the molecule is COc1ccncc1-c1cc2c(cnn2-c2cc3c(nc(N4C[C@H]5C[C@@H]4CN5C)n3C)c(C3CC3)n2)c(C)n1. The molecule has 0 radical (unpaired) electrons. The van der Waals surface area contributed by atoms with Gasteiger partial charge in [-0.3, -0.25) is 14.9 Å². The van der Waals surface area contributed by atoms with Gasteiger partial charge in [-0.2, -0.15) is 5.10 Å². The maximum absolute atomic E-state index is 5.60. The predicted octanol–water partition coefficient (Wildman–Crippen LogP) is 3.85. The van der Waals surface area contributed by atoms with Crippen molar-refractivity contribution in [2.24, 2.45) is 7.05 Å². The number of hydrogen-bond donors (Lipinski definition) is 0. The Labute approximate surface area is 226 Å². The standard InChI is InChI=1S/C29H31N9O/c1-16-20-13-31-38(23(20)10-22(32-16)21-12-30-8-7-25(21)39-4)26-11-24-28(27(33-26)17-5-6-17)34-29(36(24)3)37-15-18-9-19(37)14-35(18)2/h7-8,10-13,17-19H,5-6,9,14-15H2,1-4H3/t18-,19-/m1/s1. The smallest absolute Gasteiger partial charge is 0.206 e. The van der Waals surface area contributed by atoms with Gasteiger partial charge in [0.1, 0.15) is 11.3 Å². The number of likely N-dealkylation sites (tertiary alicyclic amines) is 1. The summed E-state index contributed by atoms with van der Waals surface area (Å²) in [5.74, 6) is 3.06. The van der Waals surface area contributed by atoms with Crippen LogP contribution in [0, 0.1) is 6.92 Å². The Morgan fingerprint density at radius 3 is 2.59 bits per heavy atom. The monoisotopic (exact) mass is 521 g/mol. The first kappa shape index (κ1) is 22.9. The molecule has 5 aromatic heterocycles. The minimum atomic E-state index is 0.455. The van der Waals surface area contributed by atoms with Crippen molar-refractivity contribution in [2.75, 3.05) is 32.1 Å². The molecule has 2 saturated heterocycles. The van der Waals surface area contributed by atoms with Crippen LogP contribution in [0.4, 0.5) is 5.95 Å². The van der Waals surface area contributed by atoms with E-state index in [-0.39, 0.29) is 0 Å². The fourth-order valence-corrected chi connectivity index (χ4v) is 6.55. The van der Waals surface area contributed by atoms with Crippen LogP contribution in [0.5, 0.6) is 5.75 Å². The lowest BCUT2D eigenvalue weighted by molar-refractivity contribution is 0.291. The van der Waals surface area contributed by atoms with Crippen LogP contribution in [0.2, 0.25) is 0 Å². The molecule has 10 heteroatoms. The summed E-state index contributed by atoms with van der Waals surface area (Å²) in [7, 11) is 6.04. The molecule has 198 valence electrons. The third-order valence-electron chi connectivity index (χ3n) is 8.85. The molecule has 0 unspecified atom stereocenters. The highest BCUT2D eigenvalue weighted by atomic mass is 16.5. The zero-order valence-electron chi connectivity index (χ0n) is 22.7. The van der Waals surface area contributed by atoms with Crippen molar-refractivity contribution in [3.05, 3.63) is 48.2 Å². The summed E-state index contributed by atoms with van der Waals surface area (Å²) in [6.45, 7) is 4.15. The molecular weight excluding hydrogens is 490 g/mol. The number of methoxy groups -OCH3 is 1. The highest BCUT2D eigenvalue weighted by Crippen LogP contribution is 2.44. The second kappa shape index (κ2) is 8.22. The van der Waals surface area contributed by atoms with Gasteiger partial charge in [-0.05, 0) is 45.4 Å². The molecule has 0 aromatic carbocycles. The first-order chi connectivity index (χ1) is 19.0. The summed E-state index contributed by atoms with van der Waals surface area (Å²) >= 11 is 0. The first-order valence-corrected chi connectivity index (χ1v) is 13.7. The first-order valence-electron chi connectivity index (χ1n) is 13.7. The summed E-state index contributed by atoms with van der Waals surface area (Å²) in [6, 6.07) is 7.20. The number of hydrogen-bond acceptors (Lipinski definition) is 8.